The highest BCUT2D eigenvalue weighted by Gasteiger charge is 2.34. The minimum atomic E-state index is -0.938. The van der Waals surface area contributed by atoms with E-state index < -0.39 is 6.09 Å². The minimum Gasteiger partial charge on any atom is -0.465 e. The van der Waals surface area contributed by atoms with Crippen LogP contribution in [0.1, 0.15) is 63.8 Å². The molecule has 0 saturated carbocycles. The quantitative estimate of drug-likeness (QED) is 0.510. The number of aryl methyl sites for hydroxylation is 1. The average molecular weight is 396 g/mol. The number of amides is 1. The minimum absolute atomic E-state index is 0.347. The van der Waals surface area contributed by atoms with Gasteiger partial charge in [0.05, 0.1) is 0 Å². The molecule has 29 heavy (non-hydrogen) atoms. The number of hydrogen-bond donors (Lipinski definition) is 1. The summed E-state index contributed by atoms with van der Waals surface area (Å²) in [6.07, 6.45) is 8.88. The lowest BCUT2D eigenvalue weighted by Gasteiger charge is -2.17. The van der Waals surface area contributed by atoms with Gasteiger partial charge in [-0.25, -0.2) is 4.79 Å². The predicted octanol–water partition coefficient (Wildman–Crippen LogP) is 5.48. The number of aromatic nitrogens is 3. The fraction of sp³-hybridized carbons (Fsp3) is 0.500. The van der Waals surface area contributed by atoms with E-state index in [1.54, 1.807) is 0 Å². The lowest BCUT2D eigenvalue weighted by molar-refractivity contribution is 0.131. The Labute approximate surface area is 170 Å². The van der Waals surface area contributed by atoms with Gasteiger partial charge in [0.2, 0.25) is 11.7 Å². The molecule has 0 unspecified atom stereocenters. The summed E-state index contributed by atoms with van der Waals surface area (Å²) in [7, 11) is 0. The maximum Gasteiger partial charge on any atom is 0.407 e. The van der Waals surface area contributed by atoms with Gasteiger partial charge in [-0.3, -0.25) is 4.90 Å². The number of hydrogen-bond acceptors (Lipinski definition) is 4. The highest BCUT2D eigenvalue weighted by atomic mass is 16.5. The van der Waals surface area contributed by atoms with E-state index in [0.717, 1.165) is 35.9 Å². The highest BCUT2D eigenvalue weighted by molar-refractivity contribution is 5.94. The molecule has 1 aliphatic rings. The Kier molecular flexibility index (Phi) is 5.83. The SMILES string of the molecule is CCCCCCCn1cc(-c2noc([C@@H]3CCCN3C(=O)O)n2)c2ccccc21. The maximum absolute atomic E-state index is 11.4. The summed E-state index contributed by atoms with van der Waals surface area (Å²) in [5, 5.41) is 14.7. The van der Waals surface area contributed by atoms with Gasteiger partial charge in [0.15, 0.2) is 0 Å². The molecule has 2 aromatic heterocycles. The molecule has 1 aliphatic heterocycles. The topological polar surface area (TPSA) is 84.4 Å². The standard InChI is InChI=1S/C22H28N4O3/c1-2-3-4-5-8-13-25-15-17(16-10-6-7-11-18(16)25)20-23-21(29-24-20)19-12-9-14-26(19)22(27)28/h6-7,10-11,15,19H,2-5,8-9,12-14H2,1H3,(H,27,28)/t19-/m0/s1. The van der Waals surface area contributed by atoms with Crippen LogP contribution in [0.3, 0.4) is 0 Å². The number of carbonyl (C=O) groups is 1. The Bertz CT molecular complexity index is 978. The first-order valence-corrected chi connectivity index (χ1v) is 10.6. The van der Waals surface area contributed by atoms with Crippen molar-refractivity contribution < 1.29 is 14.4 Å². The van der Waals surface area contributed by atoms with E-state index in [1.165, 1.54) is 30.6 Å². The first-order chi connectivity index (χ1) is 14.2. The second-order valence-electron chi connectivity index (χ2n) is 7.76. The molecule has 7 heteroatoms. The van der Waals surface area contributed by atoms with Crippen molar-refractivity contribution in [1.82, 2.24) is 19.6 Å². The molecule has 1 N–H and O–H groups in total. The molecule has 0 aliphatic carbocycles. The van der Waals surface area contributed by atoms with Gasteiger partial charge in [-0.1, -0.05) is 56.0 Å². The molecule has 1 aromatic carbocycles. The van der Waals surface area contributed by atoms with Crippen molar-refractivity contribution in [2.45, 2.75) is 64.5 Å². The number of para-hydroxylation sites is 1. The van der Waals surface area contributed by atoms with Crippen LogP contribution in [0.4, 0.5) is 4.79 Å². The fourth-order valence-electron chi connectivity index (χ4n) is 4.23. The van der Waals surface area contributed by atoms with Gasteiger partial charge >= 0.3 is 6.09 Å². The molecular formula is C22H28N4O3. The van der Waals surface area contributed by atoms with Gasteiger partial charge in [-0.15, -0.1) is 0 Å². The molecule has 3 aromatic rings. The normalized spacial score (nSPS) is 16.7. The Morgan fingerprint density at radius 3 is 2.90 bits per heavy atom. The summed E-state index contributed by atoms with van der Waals surface area (Å²) in [6, 6.07) is 7.91. The van der Waals surface area contributed by atoms with Crippen molar-refractivity contribution in [2.75, 3.05) is 6.54 Å². The van der Waals surface area contributed by atoms with Crippen LogP contribution in [0.2, 0.25) is 0 Å². The number of fused-ring (bicyclic) bond motifs is 1. The van der Waals surface area contributed by atoms with Crippen LogP contribution in [0, 0.1) is 0 Å². The van der Waals surface area contributed by atoms with Gasteiger partial charge in [0, 0.05) is 35.8 Å². The number of carboxylic acid groups (broad SMARTS) is 1. The van der Waals surface area contributed by atoms with E-state index in [1.807, 2.05) is 12.1 Å². The van der Waals surface area contributed by atoms with E-state index in [2.05, 4.69) is 40.0 Å². The monoisotopic (exact) mass is 396 g/mol. The van der Waals surface area contributed by atoms with Crippen LogP contribution in [0.25, 0.3) is 22.3 Å². The van der Waals surface area contributed by atoms with E-state index in [-0.39, 0.29) is 6.04 Å². The number of unbranched alkanes of at least 4 members (excludes halogenated alkanes) is 4. The zero-order valence-electron chi connectivity index (χ0n) is 16.9. The summed E-state index contributed by atoms with van der Waals surface area (Å²) in [4.78, 5) is 17.4. The van der Waals surface area contributed by atoms with Crippen LogP contribution in [0.5, 0.6) is 0 Å². The summed E-state index contributed by atoms with van der Waals surface area (Å²) in [5.74, 6) is 0.912. The molecule has 1 atom stereocenters. The zero-order valence-corrected chi connectivity index (χ0v) is 16.9. The van der Waals surface area contributed by atoms with Crippen LogP contribution >= 0.6 is 0 Å². The molecule has 0 spiro atoms. The summed E-state index contributed by atoms with van der Waals surface area (Å²) < 4.78 is 7.76. The van der Waals surface area contributed by atoms with Gasteiger partial charge in [-0.2, -0.15) is 4.98 Å². The third kappa shape index (κ3) is 3.99. The van der Waals surface area contributed by atoms with E-state index in [0.29, 0.717) is 24.7 Å². The second kappa shape index (κ2) is 8.68. The number of nitrogens with zero attached hydrogens (tertiary/aromatic N) is 4. The van der Waals surface area contributed by atoms with Crippen LogP contribution < -0.4 is 0 Å². The van der Waals surface area contributed by atoms with Crippen LogP contribution in [-0.2, 0) is 6.54 Å². The molecule has 0 bridgehead atoms. The van der Waals surface area contributed by atoms with Crippen molar-refractivity contribution in [3.63, 3.8) is 0 Å². The van der Waals surface area contributed by atoms with Crippen molar-refractivity contribution >= 4 is 17.0 Å². The zero-order chi connectivity index (χ0) is 20.2. The predicted molar refractivity (Wildman–Crippen MR) is 111 cm³/mol. The molecule has 7 nitrogen and oxygen atoms in total. The molecular weight excluding hydrogens is 368 g/mol. The lowest BCUT2D eigenvalue weighted by atomic mass is 10.1. The smallest absolute Gasteiger partial charge is 0.407 e. The summed E-state index contributed by atoms with van der Waals surface area (Å²) in [5.41, 5.74) is 2.10. The van der Waals surface area contributed by atoms with E-state index in [9.17, 15) is 9.90 Å². The average Bonchev–Trinajstić information content (AvgIpc) is 3.45. The van der Waals surface area contributed by atoms with Gasteiger partial charge in [0.25, 0.3) is 0 Å². The van der Waals surface area contributed by atoms with E-state index in [4.69, 9.17) is 4.52 Å². The number of rotatable bonds is 8. The number of likely N-dealkylation sites (tertiary alicyclic amines) is 1. The van der Waals surface area contributed by atoms with Crippen molar-refractivity contribution in [3.05, 3.63) is 36.4 Å². The number of benzene rings is 1. The largest absolute Gasteiger partial charge is 0.465 e. The molecule has 1 saturated heterocycles. The first-order valence-electron chi connectivity index (χ1n) is 10.6. The molecule has 4 rings (SSSR count). The third-order valence-electron chi connectivity index (χ3n) is 5.76. The van der Waals surface area contributed by atoms with Crippen molar-refractivity contribution in [3.8, 4) is 11.4 Å². The maximum atomic E-state index is 11.4. The fourth-order valence-corrected chi connectivity index (χ4v) is 4.23. The van der Waals surface area contributed by atoms with Gasteiger partial charge in [-0.05, 0) is 25.3 Å². The summed E-state index contributed by atoms with van der Waals surface area (Å²) >= 11 is 0. The molecule has 154 valence electrons. The third-order valence-corrected chi connectivity index (χ3v) is 5.76. The van der Waals surface area contributed by atoms with Gasteiger partial charge in [0.1, 0.15) is 6.04 Å². The molecule has 0 radical (unpaired) electrons. The molecule has 1 amide bonds. The van der Waals surface area contributed by atoms with Crippen LogP contribution in [-0.4, -0.2) is 37.4 Å². The molecule has 3 heterocycles. The Morgan fingerprint density at radius 1 is 1.24 bits per heavy atom. The first kappa shape index (κ1) is 19.5. The van der Waals surface area contributed by atoms with Gasteiger partial charge < -0.3 is 14.2 Å². The Balaban J connectivity index is 1.58. The summed E-state index contributed by atoms with van der Waals surface area (Å²) in [6.45, 7) is 3.70. The second-order valence-corrected chi connectivity index (χ2v) is 7.76. The Morgan fingerprint density at radius 2 is 2.07 bits per heavy atom. The molecule has 1 fully saturated rings. The van der Waals surface area contributed by atoms with Crippen LogP contribution in [0.15, 0.2) is 35.0 Å². The van der Waals surface area contributed by atoms with Crippen molar-refractivity contribution in [2.24, 2.45) is 0 Å². The van der Waals surface area contributed by atoms with Crippen molar-refractivity contribution in [1.29, 1.82) is 0 Å². The Hall–Kier alpha value is -2.83. The lowest BCUT2D eigenvalue weighted by Crippen LogP contribution is -2.28. The van der Waals surface area contributed by atoms with E-state index >= 15 is 0 Å². The highest BCUT2D eigenvalue weighted by Crippen LogP contribution is 2.34.